The fourth-order valence-corrected chi connectivity index (χ4v) is 1.91. The lowest BCUT2D eigenvalue weighted by atomic mass is 10.1. The molecule has 0 radical (unpaired) electrons. The topological polar surface area (TPSA) is 54.9 Å². The molecule has 0 aliphatic carbocycles. The molecule has 1 fully saturated rings. The fraction of sp³-hybridized carbons (Fsp3) is 0.929. The lowest BCUT2D eigenvalue weighted by Crippen LogP contribution is -2.47. The van der Waals surface area contributed by atoms with Crippen LogP contribution in [-0.2, 0) is 9.47 Å². The van der Waals surface area contributed by atoms with Crippen LogP contribution in [0.5, 0.6) is 0 Å². The summed E-state index contributed by atoms with van der Waals surface area (Å²) < 4.78 is 11.1. The molecule has 0 aromatic carbocycles. The highest BCUT2D eigenvalue weighted by atomic mass is 16.5. The third kappa shape index (κ3) is 8.06. The first kappa shape index (κ1) is 16.2. The van der Waals surface area contributed by atoms with E-state index in [1.54, 1.807) is 7.05 Å². The minimum atomic E-state index is 0.0282. The Labute approximate surface area is 117 Å². The van der Waals surface area contributed by atoms with Gasteiger partial charge < -0.3 is 20.1 Å². The second kappa shape index (κ2) is 8.38. The quantitative estimate of drug-likeness (QED) is 0.452. The average Bonchev–Trinajstić information content (AvgIpc) is 2.37. The maximum atomic E-state index is 5.82. The van der Waals surface area contributed by atoms with E-state index in [0.29, 0.717) is 6.10 Å². The largest absolute Gasteiger partial charge is 0.381 e. The Balaban J connectivity index is 2.05. The van der Waals surface area contributed by atoms with Crippen LogP contribution in [0, 0.1) is 0 Å². The normalized spacial score (nSPS) is 18.4. The van der Waals surface area contributed by atoms with Crippen LogP contribution < -0.4 is 10.6 Å². The monoisotopic (exact) mass is 271 g/mol. The molecule has 0 amide bonds. The van der Waals surface area contributed by atoms with Crippen molar-refractivity contribution in [2.45, 2.75) is 51.7 Å². The molecule has 1 saturated heterocycles. The number of hydrogen-bond acceptors (Lipinski definition) is 3. The molecule has 5 nitrogen and oxygen atoms in total. The predicted octanol–water partition coefficient (Wildman–Crippen LogP) is 1.54. The maximum Gasteiger partial charge on any atom is 0.191 e. The van der Waals surface area contributed by atoms with E-state index in [4.69, 9.17) is 9.47 Å². The summed E-state index contributed by atoms with van der Waals surface area (Å²) in [6.45, 7) is 9.70. The van der Waals surface area contributed by atoms with Crippen molar-refractivity contribution < 1.29 is 9.47 Å². The lowest BCUT2D eigenvalue weighted by molar-refractivity contribution is -0.0320. The SMILES string of the molecule is CN=C(NCCCOC1CCOCC1)NC(C)(C)C. The molecule has 0 saturated carbocycles. The van der Waals surface area contributed by atoms with Crippen molar-refractivity contribution in [1.29, 1.82) is 0 Å². The molecule has 1 rings (SSSR count). The summed E-state index contributed by atoms with van der Waals surface area (Å²) in [4.78, 5) is 4.20. The van der Waals surface area contributed by atoms with Gasteiger partial charge in [-0.2, -0.15) is 0 Å². The summed E-state index contributed by atoms with van der Waals surface area (Å²) in [6, 6.07) is 0. The predicted molar refractivity (Wildman–Crippen MR) is 78.7 cm³/mol. The van der Waals surface area contributed by atoms with Crippen molar-refractivity contribution in [3.05, 3.63) is 0 Å². The van der Waals surface area contributed by atoms with E-state index in [0.717, 1.165) is 51.6 Å². The standard InChI is InChI=1S/C14H29N3O2/c1-14(2,3)17-13(15-4)16-8-5-9-19-12-6-10-18-11-7-12/h12H,5-11H2,1-4H3,(H2,15,16,17). The molecule has 1 aliphatic heterocycles. The zero-order valence-corrected chi connectivity index (χ0v) is 12.8. The maximum absolute atomic E-state index is 5.82. The number of aliphatic imine (C=N–C) groups is 1. The number of nitrogens with zero attached hydrogens (tertiary/aromatic N) is 1. The Morgan fingerprint density at radius 1 is 1.32 bits per heavy atom. The number of guanidine groups is 1. The third-order valence-electron chi connectivity index (χ3n) is 2.85. The highest BCUT2D eigenvalue weighted by molar-refractivity contribution is 5.80. The van der Waals surface area contributed by atoms with Crippen molar-refractivity contribution in [1.82, 2.24) is 10.6 Å². The first-order valence-electron chi connectivity index (χ1n) is 7.19. The van der Waals surface area contributed by atoms with Crippen molar-refractivity contribution in [2.24, 2.45) is 4.99 Å². The second-order valence-corrected chi connectivity index (χ2v) is 5.91. The minimum Gasteiger partial charge on any atom is -0.381 e. The van der Waals surface area contributed by atoms with Gasteiger partial charge in [0.1, 0.15) is 0 Å². The zero-order chi connectivity index (χ0) is 14.1. The van der Waals surface area contributed by atoms with Crippen molar-refractivity contribution in [2.75, 3.05) is 33.4 Å². The Hall–Kier alpha value is -0.810. The lowest BCUT2D eigenvalue weighted by Gasteiger charge is -2.24. The van der Waals surface area contributed by atoms with Crippen LogP contribution >= 0.6 is 0 Å². The highest BCUT2D eigenvalue weighted by Gasteiger charge is 2.14. The van der Waals surface area contributed by atoms with Gasteiger partial charge in [-0.3, -0.25) is 4.99 Å². The van der Waals surface area contributed by atoms with Gasteiger partial charge in [-0.15, -0.1) is 0 Å². The molecule has 0 atom stereocenters. The van der Waals surface area contributed by atoms with E-state index in [1.807, 2.05) is 0 Å². The third-order valence-corrected chi connectivity index (χ3v) is 2.85. The zero-order valence-electron chi connectivity index (χ0n) is 12.8. The van der Waals surface area contributed by atoms with Crippen LogP contribution in [0.4, 0.5) is 0 Å². The second-order valence-electron chi connectivity index (χ2n) is 5.91. The van der Waals surface area contributed by atoms with Crippen LogP contribution in [0.25, 0.3) is 0 Å². The van der Waals surface area contributed by atoms with Gasteiger partial charge in [0.25, 0.3) is 0 Å². The van der Waals surface area contributed by atoms with Gasteiger partial charge >= 0.3 is 0 Å². The summed E-state index contributed by atoms with van der Waals surface area (Å²) >= 11 is 0. The molecule has 0 bridgehead atoms. The molecular weight excluding hydrogens is 242 g/mol. The Morgan fingerprint density at radius 3 is 2.58 bits per heavy atom. The molecule has 0 spiro atoms. The molecule has 1 heterocycles. The smallest absolute Gasteiger partial charge is 0.191 e. The minimum absolute atomic E-state index is 0.0282. The van der Waals surface area contributed by atoms with E-state index in [2.05, 4.69) is 36.4 Å². The molecule has 0 aromatic heterocycles. The summed E-state index contributed by atoms with van der Waals surface area (Å²) in [5, 5.41) is 6.63. The molecule has 1 aliphatic rings. The Bertz CT molecular complexity index is 268. The van der Waals surface area contributed by atoms with Crippen LogP contribution in [0.2, 0.25) is 0 Å². The van der Waals surface area contributed by atoms with Crippen molar-refractivity contribution in [3.63, 3.8) is 0 Å². The van der Waals surface area contributed by atoms with E-state index >= 15 is 0 Å². The first-order chi connectivity index (χ1) is 9.01. The Morgan fingerprint density at radius 2 is 2.00 bits per heavy atom. The van der Waals surface area contributed by atoms with Crippen LogP contribution in [0.3, 0.4) is 0 Å². The van der Waals surface area contributed by atoms with Gasteiger partial charge in [0.05, 0.1) is 6.10 Å². The summed E-state index contributed by atoms with van der Waals surface area (Å²) in [7, 11) is 1.79. The molecule has 19 heavy (non-hydrogen) atoms. The van der Waals surface area contributed by atoms with Crippen LogP contribution in [0.15, 0.2) is 4.99 Å². The van der Waals surface area contributed by atoms with Gasteiger partial charge in [0.2, 0.25) is 0 Å². The van der Waals surface area contributed by atoms with Crippen LogP contribution in [-0.4, -0.2) is 51.0 Å². The molecule has 2 N–H and O–H groups in total. The number of nitrogens with one attached hydrogen (secondary N) is 2. The average molecular weight is 271 g/mol. The fourth-order valence-electron chi connectivity index (χ4n) is 1.91. The van der Waals surface area contributed by atoms with Gasteiger partial charge in [-0.1, -0.05) is 0 Å². The van der Waals surface area contributed by atoms with E-state index in [1.165, 1.54) is 0 Å². The van der Waals surface area contributed by atoms with Crippen molar-refractivity contribution in [3.8, 4) is 0 Å². The number of ether oxygens (including phenoxy) is 2. The van der Waals surface area contributed by atoms with E-state index in [-0.39, 0.29) is 5.54 Å². The summed E-state index contributed by atoms with van der Waals surface area (Å²) in [6.07, 6.45) is 3.43. The van der Waals surface area contributed by atoms with Gasteiger partial charge in [-0.25, -0.2) is 0 Å². The molecule has 5 heteroatoms. The summed E-state index contributed by atoms with van der Waals surface area (Å²) in [5.74, 6) is 0.846. The summed E-state index contributed by atoms with van der Waals surface area (Å²) in [5.41, 5.74) is 0.0282. The van der Waals surface area contributed by atoms with Crippen LogP contribution in [0.1, 0.15) is 40.0 Å². The molecule has 0 unspecified atom stereocenters. The van der Waals surface area contributed by atoms with Crippen molar-refractivity contribution >= 4 is 5.96 Å². The van der Waals surface area contributed by atoms with Gasteiger partial charge in [-0.05, 0) is 40.0 Å². The molecular formula is C14H29N3O2. The Kier molecular flexibility index (Phi) is 7.16. The van der Waals surface area contributed by atoms with Gasteiger partial charge in [0.15, 0.2) is 5.96 Å². The number of rotatable bonds is 5. The number of hydrogen-bond donors (Lipinski definition) is 2. The molecule has 0 aromatic rings. The highest BCUT2D eigenvalue weighted by Crippen LogP contribution is 2.10. The molecule has 112 valence electrons. The van der Waals surface area contributed by atoms with E-state index in [9.17, 15) is 0 Å². The van der Waals surface area contributed by atoms with Gasteiger partial charge in [0, 0.05) is 39.0 Å². The first-order valence-corrected chi connectivity index (χ1v) is 7.19. The van der Waals surface area contributed by atoms with E-state index < -0.39 is 0 Å².